The van der Waals surface area contributed by atoms with Crippen molar-refractivity contribution in [3.8, 4) is 11.4 Å². The molecule has 2 aromatic heterocycles. The highest BCUT2D eigenvalue weighted by Crippen LogP contribution is 2.37. The molecule has 0 radical (unpaired) electrons. The fraction of sp³-hybridized carbons (Fsp3) is 0.211. The minimum Gasteiger partial charge on any atom is -0.423 e. The number of nitrogens with zero attached hydrogens (tertiary/aromatic N) is 4. The molecular formula is C19H14BrFN4O2. The molecule has 0 spiro atoms. The number of hydrogen-bond acceptors (Lipinski definition) is 6. The SMILES string of the molecule is Fc1ccc2oc(N3CCCC3c3nc(-c4ccccc4Br)no3)nc2c1. The van der Waals surface area contributed by atoms with Crippen LogP contribution in [0.3, 0.4) is 0 Å². The lowest BCUT2D eigenvalue weighted by Gasteiger charge is -2.19. The summed E-state index contributed by atoms with van der Waals surface area (Å²) < 4.78 is 25.7. The Morgan fingerprint density at radius 1 is 1.15 bits per heavy atom. The van der Waals surface area contributed by atoms with E-state index < -0.39 is 0 Å². The molecule has 0 aliphatic carbocycles. The summed E-state index contributed by atoms with van der Waals surface area (Å²) in [5.74, 6) is 0.714. The van der Waals surface area contributed by atoms with Crippen LogP contribution in [0.5, 0.6) is 0 Å². The summed E-state index contributed by atoms with van der Waals surface area (Å²) in [6, 6.07) is 12.4. The third-order valence-electron chi connectivity index (χ3n) is 4.68. The highest BCUT2D eigenvalue weighted by molar-refractivity contribution is 9.10. The van der Waals surface area contributed by atoms with Crippen LogP contribution in [0.25, 0.3) is 22.5 Å². The summed E-state index contributed by atoms with van der Waals surface area (Å²) in [5.41, 5.74) is 1.92. The van der Waals surface area contributed by atoms with Crippen LogP contribution in [-0.4, -0.2) is 21.7 Å². The fourth-order valence-corrected chi connectivity index (χ4v) is 3.85. The van der Waals surface area contributed by atoms with Crippen molar-refractivity contribution in [3.05, 3.63) is 58.6 Å². The third-order valence-corrected chi connectivity index (χ3v) is 5.37. The van der Waals surface area contributed by atoms with Crippen molar-refractivity contribution in [2.45, 2.75) is 18.9 Å². The minimum atomic E-state index is -0.338. The molecular weight excluding hydrogens is 415 g/mol. The van der Waals surface area contributed by atoms with Gasteiger partial charge in [-0.15, -0.1) is 0 Å². The normalized spacial score (nSPS) is 17.1. The highest BCUT2D eigenvalue weighted by Gasteiger charge is 2.34. The van der Waals surface area contributed by atoms with E-state index in [0.717, 1.165) is 29.4 Å². The van der Waals surface area contributed by atoms with Crippen molar-refractivity contribution >= 4 is 33.0 Å². The molecule has 0 bridgehead atoms. The first-order chi connectivity index (χ1) is 13.2. The van der Waals surface area contributed by atoms with Gasteiger partial charge in [0.2, 0.25) is 11.7 Å². The van der Waals surface area contributed by atoms with Gasteiger partial charge in [-0.1, -0.05) is 33.2 Å². The first-order valence-electron chi connectivity index (χ1n) is 8.60. The molecule has 8 heteroatoms. The average molecular weight is 429 g/mol. The van der Waals surface area contributed by atoms with Gasteiger partial charge in [-0.2, -0.15) is 9.97 Å². The Morgan fingerprint density at radius 2 is 2.04 bits per heavy atom. The van der Waals surface area contributed by atoms with E-state index in [9.17, 15) is 4.39 Å². The van der Waals surface area contributed by atoms with E-state index in [1.54, 1.807) is 6.07 Å². The molecule has 136 valence electrons. The van der Waals surface area contributed by atoms with E-state index >= 15 is 0 Å². The number of anilines is 1. The molecule has 0 saturated carbocycles. The van der Waals surface area contributed by atoms with Crippen molar-refractivity contribution in [2.24, 2.45) is 0 Å². The van der Waals surface area contributed by atoms with Gasteiger partial charge in [-0.3, -0.25) is 0 Å². The summed E-state index contributed by atoms with van der Waals surface area (Å²) in [4.78, 5) is 11.0. The number of aromatic nitrogens is 3. The number of hydrogen-bond donors (Lipinski definition) is 0. The van der Waals surface area contributed by atoms with E-state index in [4.69, 9.17) is 8.94 Å². The maximum atomic E-state index is 13.4. The van der Waals surface area contributed by atoms with Gasteiger partial charge in [0.05, 0.1) is 0 Å². The smallest absolute Gasteiger partial charge is 0.299 e. The zero-order valence-corrected chi connectivity index (χ0v) is 15.7. The molecule has 1 atom stereocenters. The van der Waals surface area contributed by atoms with Gasteiger partial charge in [-0.05, 0) is 37.1 Å². The highest BCUT2D eigenvalue weighted by atomic mass is 79.9. The molecule has 5 rings (SSSR count). The molecule has 1 aliphatic rings. The fourth-order valence-electron chi connectivity index (χ4n) is 3.39. The molecule has 3 heterocycles. The number of halogens is 2. The van der Waals surface area contributed by atoms with E-state index in [-0.39, 0.29) is 11.9 Å². The quantitative estimate of drug-likeness (QED) is 0.450. The summed E-state index contributed by atoms with van der Waals surface area (Å²) in [6.45, 7) is 0.757. The van der Waals surface area contributed by atoms with Gasteiger partial charge in [0.25, 0.3) is 6.01 Å². The second-order valence-electron chi connectivity index (χ2n) is 6.40. The van der Waals surface area contributed by atoms with Gasteiger partial charge in [0, 0.05) is 22.6 Å². The molecule has 1 aliphatic heterocycles. The lowest BCUT2D eigenvalue weighted by molar-refractivity contribution is 0.351. The summed E-state index contributed by atoms with van der Waals surface area (Å²) >= 11 is 3.51. The van der Waals surface area contributed by atoms with Gasteiger partial charge in [0.1, 0.15) is 17.4 Å². The van der Waals surface area contributed by atoms with Crippen LogP contribution < -0.4 is 4.90 Å². The zero-order valence-electron chi connectivity index (χ0n) is 14.1. The van der Waals surface area contributed by atoms with Crippen molar-refractivity contribution in [1.82, 2.24) is 15.1 Å². The predicted octanol–water partition coefficient (Wildman–Crippen LogP) is 5.12. The molecule has 4 aromatic rings. The number of benzene rings is 2. The molecule has 0 N–H and O–H groups in total. The topological polar surface area (TPSA) is 68.2 Å². The molecule has 27 heavy (non-hydrogen) atoms. The molecule has 0 amide bonds. The maximum Gasteiger partial charge on any atom is 0.299 e. The van der Waals surface area contributed by atoms with Crippen LogP contribution in [0.15, 0.2) is 55.9 Å². The summed E-state index contributed by atoms with van der Waals surface area (Å²) in [6.07, 6.45) is 1.80. The lowest BCUT2D eigenvalue weighted by Crippen LogP contribution is -2.23. The Bertz CT molecular complexity index is 1130. The monoisotopic (exact) mass is 428 g/mol. The average Bonchev–Trinajstić information content (AvgIpc) is 3.39. The Balaban J connectivity index is 1.48. The van der Waals surface area contributed by atoms with Crippen molar-refractivity contribution in [1.29, 1.82) is 0 Å². The van der Waals surface area contributed by atoms with Crippen LogP contribution in [0.2, 0.25) is 0 Å². The predicted molar refractivity (Wildman–Crippen MR) is 101 cm³/mol. The van der Waals surface area contributed by atoms with Crippen molar-refractivity contribution < 1.29 is 13.3 Å². The Morgan fingerprint density at radius 3 is 2.93 bits per heavy atom. The molecule has 1 unspecified atom stereocenters. The van der Waals surface area contributed by atoms with Crippen LogP contribution in [-0.2, 0) is 0 Å². The van der Waals surface area contributed by atoms with E-state index in [1.165, 1.54) is 12.1 Å². The van der Waals surface area contributed by atoms with Crippen LogP contribution in [0, 0.1) is 5.82 Å². The molecule has 1 saturated heterocycles. The van der Waals surface area contributed by atoms with Gasteiger partial charge >= 0.3 is 0 Å². The number of rotatable bonds is 3. The largest absolute Gasteiger partial charge is 0.423 e. The van der Waals surface area contributed by atoms with Crippen molar-refractivity contribution in [3.63, 3.8) is 0 Å². The molecule has 1 fully saturated rings. The lowest BCUT2D eigenvalue weighted by atomic mass is 10.2. The molecule has 2 aromatic carbocycles. The first kappa shape index (κ1) is 16.4. The Hall–Kier alpha value is -2.74. The van der Waals surface area contributed by atoms with Gasteiger partial charge < -0.3 is 13.8 Å². The second-order valence-corrected chi connectivity index (χ2v) is 7.25. The van der Waals surface area contributed by atoms with Gasteiger partial charge in [-0.25, -0.2) is 4.39 Å². The van der Waals surface area contributed by atoms with E-state index in [2.05, 4.69) is 31.1 Å². The zero-order chi connectivity index (χ0) is 18.4. The van der Waals surface area contributed by atoms with Gasteiger partial charge in [0.15, 0.2) is 5.58 Å². The summed E-state index contributed by atoms with van der Waals surface area (Å²) in [7, 11) is 0. The third kappa shape index (κ3) is 2.90. The maximum absolute atomic E-state index is 13.4. The van der Waals surface area contributed by atoms with Crippen LogP contribution in [0.1, 0.15) is 24.8 Å². The van der Waals surface area contributed by atoms with E-state index in [1.807, 2.05) is 29.2 Å². The van der Waals surface area contributed by atoms with Crippen LogP contribution in [0.4, 0.5) is 10.4 Å². The number of oxazole rings is 1. The Labute approximate surface area is 162 Å². The van der Waals surface area contributed by atoms with Crippen molar-refractivity contribution in [2.75, 3.05) is 11.4 Å². The van der Waals surface area contributed by atoms with Crippen LogP contribution >= 0.6 is 15.9 Å². The Kier molecular flexibility index (Phi) is 3.93. The minimum absolute atomic E-state index is 0.119. The second kappa shape index (κ2) is 6.45. The number of fused-ring (bicyclic) bond motifs is 1. The summed E-state index contributed by atoms with van der Waals surface area (Å²) in [5, 5.41) is 4.13. The first-order valence-corrected chi connectivity index (χ1v) is 9.39. The standard InChI is InChI=1S/C19H14BrFN4O2/c20-13-5-2-1-4-12(13)17-23-18(27-24-17)15-6-3-9-25(15)19-22-14-10-11(21)7-8-16(14)26-19/h1-2,4-5,7-8,10,15H,3,6,9H2. The van der Waals surface area contributed by atoms with E-state index in [0.29, 0.717) is 28.8 Å². The molecule has 6 nitrogen and oxygen atoms in total.